The lowest BCUT2D eigenvalue weighted by Crippen LogP contribution is -2.35. The van der Waals surface area contributed by atoms with Gasteiger partial charge in [0.25, 0.3) is 0 Å². The molecule has 0 bridgehead atoms. The van der Waals surface area contributed by atoms with E-state index >= 15 is 0 Å². The fourth-order valence-corrected chi connectivity index (χ4v) is 2.64. The molecule has 4 nitrogen and oxygen atoms in total. The predicted octanol–water partition coefficient (Wildman–Crippen LogP) is 4.60. The highest BCUT2D eigenvalue weighted by Crippen LogP contribution is 2.29. The van der Waals surface area contributed by atoms with Crippen molar-refractivity contribution in [2.45, 2.75) is 0 Å². The fraction of sp³-hybridized carbons (Fsp3) is 0.0526. The minimum absolute atomic E-state index is 0.670. The molecule has 0 fully saturated rings. The zero-order valence-corrected chi connectivity index (χ0v) is 12.7. The Morgan fingerprint density at radius 2 is 1.17 bits per heavy atom. The van der Waals surface area contributed by atoms with Gasteiger partial charge in [-0.3, -0.25) is 0 Å². The summed E-state index contributed by atoms with van der Waals surface area (Å²) in [7, 11) is 0. The van der Waals surface area contributed by atoms with Crippen LogP contribution in [0.3, 0.4) is 0 Å². The van der Waals surface area contributed by atoms with E-state index < -0.39 is 0 Å². The maximum Gasteiger partial charge on any atom is 0.223 e. The first-order valence-electron chi connectivity index (χ1n) is 7.64. The molecular weight excluding hydrogens is 284 g/mol. The third-order valence-corrected chi connectivity index (χ3v) is 3.78. The summed E-state index contributed by atoms with van der Waals surface area (Å²) in [6.07, 6.45) is 0. The molecule has 1 aliphatic heterocycles. The summed E-state index contributed by atoms with van der Waals surface area (Å²) in [5.74, 6) is 0. The van der Waals surface area contributed by atoms with Gasteiger partial charge in [0.05, 0.1) is 5.69 Å². The smallest absolute Gasteiger partial charge is 0.147 e. The molecule has 3 aromatic carbocycles. The summed E-state index contributed by atoms with van der Waals surface area (Å²) in [6.45, 7) is 0.670. The van der Waals surface area contributed by atoms with Crippen molar-refractivity contribution in [2.75, 3.05) is 16.8 Å². The molecule has 0 atom stereocenters. The minimum Gasteiger partial charge on any atom is -0.147 e. The molecule has 0 N–H and O–H groups in total. The lowest BCUT2D eigenvalue weighted by molar-refractivity contribution is -0.497. The van der Waals surface area contributed by atoms with Gasteiger partial charge in [-0.2, -0.15) is 0 Å². The number of benzene rings is 3. The molecule has 0 radical (unpaired) electrons. The third-order valence-electron chi connectivity index (χ3n) is 3.78. The van der Waals surface area contributed by atoms with Crippen molar-refractivity contribution >= 4 is 17.1 Å². The summed E-state index contributed by atoms with van der Waals surface area (Å²) < 4.78 is 2.00. The summed E-state index contributed by atoms with van der Waals surface area (Å²) in [5.41, 5.74) is 3.22. The Hall–Kier alpha value is -3.14. The Kier molecular flexibility index (Phi) is 3.48. The lowest BCUT2D eigenvalue weighted by atomic mass is 10.3. The number of rotatable bonds is 3. The normalized spacial score (nSPS) is 14.0. The molecule has 0 amide bonds. The Labute approximate surface area is 135 Å². The molecule has 0 aliphatic carbocycles. The van der Waals surface area contributed by atoms with Crippen molar-refractivity contribution in [1.29, 1.82) is 0 Å². The van der Waals surface area contributed by atoms with E-state index in [1.807, 2.05) is 64.4 Å². The average Bonchev–Trinajstić information content (AvgIpc) is 3.09. The third kappa shape index (κ3) is 2.66. The van der Waals surface area contributed by atoms with Gasteiger partial charge in [0.15, 0.2) is 11.4 Å². The summed E-state index contributed by atoms with van der Waals surface area (Å²) >= 11 is 0. The van der Waals surface area contributed by atoms with Crippen molar-refractivity contribution in [3.8, 4) is 0 Å². The number of hydrogen-bond donors (Lipinski definition) is 0. The second kappa shape index (κ2) is 5.93. The van der Waals surface area contributed by atoms with Crippen LogP contribution in [-0.2, 0) is 0 Å². The van der Waals surface area contributed by atoms with E-state index in [0.29, 0.717) is 6.67 Å². The second-order valence-corrected chi connectivity index (χ2v) is 5.33. The lowest BCUT2D eigenvalue weighted by Gasteiger charge is -2.18. The Bertz CT molecular complexity index is 801. The molecule has 1 heterocycles. The van der Waals surface area contributed by atoms with E-state index in [0.717, 1.165) is 17.1 Å². The summed E-state index contributed by atoms with van der Waals surface area (Å²) in [6, 6.07) is 30.7. The SMILES string of the molecule is c1ccc(N2C[N+](c3ccccc3)=NN2c2ccccc2)cc1. The van der Waals surface area contributed by atoms with Crippen molar-refractivity contribution in [3.63, 3.8) is 0 Å². The zero-order chi connectivity index (χ0) is 15.5. The number of anilines is 2. The van der Waals surface area contributed by atoms with Crippen LogP contribution in [0.5, 0.6) is 0 Å². The molecule has 4 heteroatoms. The number of para-hydroxylation sites is 3. The average molecular weight is 301 g/mol. The van der Waals surface area contributed by atoms with E-state index in [2.05, 4.69) is 41.4 Å². The van der Waals surface area contributed by atoms with Gasteiger partial charge in [-0.15, -0.1) is 9.71 Å². The quantitative estimate of drug-likeness (QED) is 0.660. The Morgan fingerprint density at radius 1 is 0.652 bits per heavy atom. The number of hydrazine groups is 1. The highest BCUT2D eigenvalue weighted by atomic mass is 15.9. The molecular formula is C19H17N4+. The second-order valence-electron chi connectivity index (χ2n) is 5.33. The first kappa shape index (κ1) is 13.5. The van der Waals surface area contributed by atoms with Gasteiger partial charge in [-0.25, -0.2) is 0 Å². The molecule has 0 spiro atoms. The van der Waals surface area contributed by atoms with Crippen LogP contribution < -0.4 is 10.1 Å². The molecule has 112 valence electrons. The van der Waals surface area contributed by atoms with Crippen LogP contribution in [0.25, 0.3) is 0 Å². The van der Waals surface area contributed by atoms with Crippen LogP contribution in [0.4, 0.5) is 17.1 Å². The van der Waals surface area contributed by atoms with Gasteiger partial charge >= 0.3 is 0 Å². The van der Waals surface area contributed by atoms with E-state index in [1.165, 1.54) is 0 Å². The summed E-state index contributed by atoms with van der Waals surface area (Å²) in [4.78, 5) is 0. The maximum absolute atomic E-state index is 4.78. The van der Waals surface area contributed by atoms with Crippen LogP contribution in [-0.4, -0.2) is 11.4 Å². The van der Waals surface area contributed by atoms with E-state index in [1.54, 1.807) is 0 Å². The van der Waals surface area contributed by atoms with E-state index in [9.17, 15) is 0 Å². The Balaban J connectivity index is 1.75. The van der Waals surface area contributed by atoms with E-state index in [-0.39, 0.29) is 0 Å². The topological polar surface area (TPSA) is 21.9 Å². The highest BCUT2D eigenvalue weighted by molar-refractivity contribution is 5.57. The monoisotopic (exact) mass is 301 g/mol. The van der Waals surface area contributed by atoms with Crippen molar-refractivity contribution in [2.24, 2.45) is 5.22 Å². The molecule has 0 aromatic heterocycles. The highest BCUT2D eigenvalue weighted by Gasteiger charge is 2.34. The molecule has 0 saturated carbocycles. The molecule has 3 aromatic rings. The van der Waals surface area contributed by atoms with Crippen LogP contribution in [0.1, 0.15) is 0 Å². The van der Waals surface area contributed by atoms with Crippen LogP contribution in [0.2, 0.25) is 0 Å². The van der Waals surface area contributed by atoms with Crippen LogP contribution >= 0.6 is 0 Å². The molecule has 23 heavy (non-hydrogen) atoms. The van der Waals surface area contributed by atoms with Gasteiger partial charge in [-0.1, -0.05) is 54.6 Å². The van der Waals surface area contributed by atoms with Crippen LogP contribution in [0.15, 0.2) is 96.2 Å². The first-order valence-corrected chi connectivity index (χ1v) is 7.64. The Morgan fingerprint density at radius 3 is 1.78 bits per heavy atom. The predicted molar refractivity (Wildman–Crippen MR) is 91.5 cm³/mol. The molecule has 0 saturated heterocycles. The molecule has 1 aliphatic rings. The van der Waals surface area contributed by atoms with Crippen molar-refractivity contribution < 1.29 is 4.70 Å². The number of nitrogens with zero attached hydrogens (tertiary/aromatic N) is 4. The van der Waals surface area contributed by atoms with Gasteiger partial charge < -0.3 is 0 Å². The largest absolute Gasteiger partial charge is 0.223 e. The van der Waals surface area contributed by atoms with Crippen molar-refractivity contribution in [3.05, 3.63) is 91.0 Å². The first-order chi connectivity index (χ1) is 11.4. The number of hydrogen-bond acceptors (Lipinski definition) is 3. The fourth-order valence-electron chi connectivity index (χ4n) is 2.64. The van der Waals surface area contributed by atoms with Crippen LogP contribution in [0, 0.1) is 0 Å². The molecule has 4 rings (SSSR count). The van der Waals surface area contributed by atoms with Gasteiger partial charge in [0.2, 0.25) is 6.67 Å². The van der Waals surface area contributed by atoms with Gasteiger partial charge in [0.1, 0.15) is 5.22 Å². The van der Waals surface area contributed by atoms with Crippen molar-refractivity contribution in [1.82, 2.24) is 0 Å². The summed E-state index contributed by atoms with van der Waals surface area (Å²) in [5, 5.41) is 8.88. The van der Waals surface area contributed by atoms with E-state index in [4.69, 9.17) is 5.22 Å². The standard InChI is InChI=1S/C19H17N4/c1-4-10-17(11-5-1)21-16-22(18-12-6-2-7-13-18)23(20-21)19-14-8-3-9-15-19/h1-15H,16H2/q+1. The zero-order valence-electron chi connectivity index (χ0n) is 12.7. The van der Waals surface area contributed by atoms with Gasteiger partial charge in [0, 0.05) is 0 Å². The molecule has 0 unspecified atom stereocenters. The minimum atomic E-state index is 0.670. The maximum atomic E-state index is 4.78. The van der Waals surface area contributed by atoms with Gasteiger partial charge in [-0.05, 0) is 41.5 Å².